The van der Waals surface area contributed by atoms with E-state index in [2.05, 4.69) is 5.10 Å². The van der Waals surface area contributed by atoms with Crippen molar-refractivity contribution in [1.82, 2.24) is 9.78 Å². The van der Waals surface area contributed by atoms with Gasteiger partial charge in [0.05, 0.1) is 18.9 Å². The van der Waals surface area contributed by atoms with Crippen molar-refractivity contribution >= 4 is 23.2 Å². The molecule has 1 aromatic carbocycles. The Morgan fingerprint density at radius 2 is 1.71 bits per heavy atom. The molecule has 0 saturated heterocycles. The van der Waals surface area contributed by atoms with Gasteiger partial charge in [-0.3, -0.25) is 4.68 Å². The molecular formula is C15H18Cl2N2O2. The van der Waals surface area contributed by atoms with E-state index < -0.39 is 5.41 Å². The van der Waals surface area contributed by atoms with Gasteiger partial charge in [-0.1, -0.05) is 35.3 Å². The smallest absolute Gasteiger partial charge is 0.130 e. The Morgan fingerprint density at radius 3 is 2.14 bits per heavy atom. The largest absolute Gasteiger partial charge is 0.395 e. The van der Waals surface area contributed by atoms with Crippen molar-refractivity contribution in [3.8, 4) is 0 Å². The first-order valence-corrected chi connectivity index (χ1v) is 7.35. The van der Waals surface area contributed by atoms with Crippen LogP contribution in [0.4, 0.5) is 0 Å². The van der Waals surface area contributed by atoms with Crippen LogP contribution in [0.25, 0.3) is 0 Å². The Bertz CT molecular complexity index is 619. The molecule has 0 spiro atoms. The third-order valence-corrected chi connectivity index (χ3v) is 4.57. The van der Waals surface area contributed by atoms with Gasteiger partial charge < -0.3 is 10.2 Å². The average Bonchev–Trinajstić information content (AvgIpc) is 2.72. The van der Waals surface area contributed by atoms with Crippen molar-refractivity contribution in [3.63, 3.8) is 0 Å². The third kappa shape index (κ3) is 3.09. The summed E-state index contributed by atoms with van der Waals surface area (Å²) in [7, 11) is 1.76. The van der Waals surface area contributed by atoms with Crippen LogP contribution in [0.5, 0.6) is 0 Å². The maximum Gasteiger partial charge on any atom is 0.130 e. The Hall–Kier alpha value is -1.07. The number of benzene rings is 1. The lowest BCUT2D eigenvalue weighted by Crippen LogP contribution is -2.37. The van der Waals surface area contributed by atoms with Crippen LogP contribution in [-0.2, 0) is 18.9 Å². The highest BCUT2D eigenvalue weighted by molar-refractivity contribution is 6.30. The van der Waals surface area contributed by atoms with E-state index >= 15 is 0 Å². The van der Waals surface area contributed by atoms with Gasteiger partial charge in [0.15, 0.2) is 0 Å². The van der Waals surface area contributed by atoms with Crippen LogP contribution in [0.1, 0.15) is 16.8 Å². The van der Waals surface area contributed by atoms with Gasteiger partial charge in [-0.25, -0.2) is 0 Å². The van der Waals surface area contributed by atoms with E-state index in [9.17, 15) is 10.2 Å². The van der Waals surface area contributed by atoms with E-state index in [0.29, 0.717) is 16.6 Å². The Balaban J connectivity index is 2.45. The number of halogens is 2. The number of aliphatic hydroxyl groups is 2. The Labute approximate surface area is 133 Å². The highest BCUT2D eigenvalue weighted by Crippen LogP contribution is 2.32. The van der Waals surface area contributed by atoms with E-state index in [1.807, 2.05) is 19.1 Å². The minimum atomic E-state index is -0.817. The molecule has 0 amide bonds. The SMILES string of the molecule is Cc1nn(C)c(Cl)c1CC(CO)(CO)c1ccc(Cl)cc1. The zero-order valence-electron chi connectivity index (χ0n) is 12.0. The first-order valence-electron chi connectivity index (χ1n) is 6.59. The maximum atomic E-state index is 9.89. The van der Waals surface area contributed by atoms with Crippen molar-refractivity contribution in [3.05, 3.63) is 51.3 Å². The summed E-state index contributed by atoms with van der Waals surface area (Å²) in [5.41, 5.74) is 1.62. The molecule has 0 saturated carbocycles. The number of aryl methyl sites for hydroxylation is 2. The maximum absolute atomic E-state index is 9.89. The molecule has 0 unspecified atom stereocenters. The molecule has 1 heterocycles. The summed E-state index contributed by atoms with van der Waals surface area (Å²) in [6.07, 6.45) is 0.403. The summed E-state index contributed by atoms with van der Waals surface area (Å²) in [6.45, 7) is 1.47. The van der Waals surface area contributed by atoms with Crippen molar-refractivity contribution < 1.29 is 10.2 Å². The van der Waals surface area contributed by atoms with Gasteiger partial charge >= 0.3 is 0 Å². The normalized spacial score (nSPS) is 11.9. The number of aliphatic hydroxyl groups excluding tert-OH is 2. The highest BCUT2D eigenvalue weighted by Gasteiger charge is 2.33. The number of hydrogen-bond donors (Lipinski definition) is 2. The van der Waals surface area contributed by atoms with Gasteiger partial charge in [-0.15, -0.1) is 0 Å². The van der Waals surface area contributed by atoms with Crippen molar-refractivity contribution in [2.24, 2.45) is 7.05 Å². The monoisotopic (exact) mass is 328 g/mol. The topological polar surface area (TPSA) is 58.3 Å². The van der Waals surface area contributed by atoms with Gasteiger partial charge in [0, 0.05) is 23.0 Å². The minimum Gasteiger partial charge on any atom is -0.395 e. The van der Waals surface area contributed by atoms with Gasteiger partial charge in [0.2, 0.25) is 0 Å². The van der Waals surface area contributed by atoms with Gasteiger partial charge in [-0.2, -0.15) is 5.10 Å². The van der Waals surface area contributed by atoms with Crippen LogP contribution < -0.4 is 0 Å². The van der Waals surface area contributed by atoms with Crippen LogP contribution in [0.3, 0.4) is 0 Å². The first-order chi connectivity index (χ1) is 9.93. The Morgan fingerprint density at radius 1 is 1.14 bits per heavy atom. The van der Waals surface area contributed by atoms with Crippen LogP contribution in [0.2, 0.25) is 10.2 Å². The van der Waals surface area contributed by atoms with Gasteiger partial charge in [-0.05, 0) is 31.0 Å². The first kappa shape index (κ1) is 16.3. The van der Waals surface area contributed by atoms with Crippen LogP contribution in [-0.4, -0.2) is 33.2 Å². The fraction of sp³-hybridized carbons (Fsp3) is 0.400. The van der Waals surface area contributed by atoms with E-state index in [1.165, 1.54) is 0 Å². The number of rotatable bonds is 5. The van der Waals surface area contributed by atoms with E-state index in [1.54, 1.807) is 23.9 Å². The van der Waals surface area contributed by atoms with Crippen LogP contribution in [0, 0.1) is 6.92 Å². The number of aromatic nitrogens is 2. The lowest BCUT2D eigenvalue weighted by Gasteiger charge is -2.30. The fourth-order valence-corrected chi connectivity index (χ4v) is 2.83. The zero-order valence-corrected chi connectivity index (χ0v) is 13.5. The fourth-order valence-electron chi connectivity index (χ4n) is 2.46. The second-order valence-corrected chi connectivity index (χ2v) is 6.05. The average molecular weight is 329 g/mol. The lowest BCUT2D eigenvalue weighted by atomic mass is 9.77. The van der Waals surface area contributed by atoms with Crippen molar-refractivity contribution in [2.45, 2.75) is 18.8 Å². The van der Waals surface area contributed by atoms with Crippen LogP contribution in [0.15, 0.2) is 24.3 Å². The van der Waals surface area contributed by atoms with Gasteiger partial charge in [0.1, 0.15) is 5.15 Å². The minimum absolute atomic E-state index is 0.199. The summed E-state index contributed by atoms with van der Waals surface area (Å²) < 4.78 is 1.59. The summed E-state index contributed by atoms with van der Waals surface area (Å²) in [6, 6.07) is 7.12. The molecule has 0 radical (unpaired) electrons. The molecule has 114 valence electrons. The second-order valence-electron chi connectivity index (χ2n) is 5.26. The summed E-state index contributed by atoms with van der Waals surface area (Å²) in [4.78, 5) is 0. The molecule has 2 aromatic rings. The molecule has 2 rings (SSSR count). The summed E-state index contributed by atoms with van der Waals surface area (Å²) in [5.74, 6) is 0. The van der Waals surface area contributed by atoms with E-state index in [4.69, 9.17) is 23.2 Å². The van der Waals surface area contributed by atoms with Crippen molar-refractivity contribution in [2.75, 3.05) is 13.2 Å². The molecule has 0 aliphatic heterocycles. The standard InChI is InChI=1S/C15H18Cl2N2O2/c1-10-13(14(17)19(2)18-10)7-15(8-20,9-21)11-3-5-12(16)6-4-11/h3-6,20-21H,7-9H2,1-2H3. The quantitative estimate of drug-likeness (QED) is 0.886. The highest BCUT2D eigenvalue weighted by atomic mass is 35.5. The molecule has 0 aliphatic rings. The number of nitrogens with zero attached hydrogens (tertiary/aromatic N) is 2. The molecule has 0 aliphatic carbocycles. The molecule has 6 heteroatoms. The zero-order chi connectivity index (χ0) is 15.6. The molecule has 0 bridgehead atoms. The number of hydrogen-bond acceptors (Lipinski definition) is 3. The molecular weight excluding hydrogens is 311 g/mol. The molecule has 21 heavy (non-hydrogen) atoms. The van der Waals surface area contributed by atoms with E-state index in [0.717, 1.165) is 16.8 Å². The van der Waals surface area contributed by atoms with Gasteiger partial charge in [0.25, 0.3) is 0 Å². The summed E-state index contributed by atoms with van der Waals surface area (Å²) in [5, 5.41) is 25.2. The predicted octanol–water partition coefficient (Wildman–Crippen LogP) is 2.50. The lowest BCUT2D eigenvalue weighted by molar-refractivity contribution is 0.116. The van der Waals surface area contributed by atoms with Crippen LogP contribution >= 0.6 is 23.2 Å². The van der Waals surface area contributed by atoms with E-state index in [-0.39, 0.29) is 13.2 Å². The molecule has 1 aromatic heterocycles. The van der Waals surface area contributed by atoms with Crippen molar-refractivity contribution in [1.29, 1.82) is 0 Å². The molecule has 0 atom stereocenters. The third-order valence-electron chi connectivity index (χ3n) is 3.85. The molecule has 0 fully saturated rings. The second kappa shape index (κ2) is 6.36. The molecule has 4 nitrogen and oxygen atoms in total. The summed E-state index contributed by atoms with van der Waals surface area (Å²) >= 11 is 12.2. The molecule has 2 N–H and O–H groups in total. The Kier molecular flexibility index (Phi) is 4.94. The predicted molar refractivity (Wildman–Crippen MR) is 84.0 cm³/mol.